The molecular weight excluding hydrogens is 216 g/mol. The van der Waals surface area contributed by atoms with Gasteiger partial charge in [-0.2, -0.15) is 5.10 Å². The average molecular weight is 240 g/mol. The van der Waals surface area contributed by atoms with Gasteiger partial charge in [-0.15, -0.1) is 0 Å². The van der Waals surface area contributed by atoms with Crippen molar-refractivity contribution in [3.05, 3.63) is 18.0 Å². The van der Waals surface area contributed by atoms with Gasteiger partial charge in [0.05, 0.1) is 18.4 Å². The van der Waals surface area contributed by atoms with Crippen LogP contribution in [0.5, 0.6) is 0 Å². The molecule has 17 heavy (non-hydrogen) atoms. The third-order valence-corrected chi connectivity index (χ3v) is 2.87. The van der Waals surface area contributed by atoms with E-state index in [1.807, 2.05) is 26.4 Å². The lowest BCUT2D eigenvalue weighted by molar-refractivity contribution is -0.0397. The molecule has 1 N–H and O–H groups in total. The van der Waals surface area contributed by atoms with E-state index in [4.69, 9.17) is 4.74 Å². The number of hydrogen-bond acceptors (Lipinski definition) is 3. The minimum Gasteiger partial charge on any atom is -0.390 e. The van der Waals surface area contributed by atoms with Gasteiger partial charge >= 0.3 is 0 Å². The van der Waals surface area contributed by atoms with Gasteiger partial charge in [-0.3, -0.25) is 4.68 Å². The molecule has 0 saturated heterocycles. The van der Waals surface area contributed by atoms with E-state index in [0.29, 0.717) is 6.61 Å². The maximum atomic E-state index is 10.1. The number of aliphatic hydroxyl groups is 1. The zero-order chi connectivity index (χ0) is 12.7. The Morgan fingerprint density at radius 2 is 2.18 bits per heavy atom. The predicted octanol–water partition coefficient (Wildman–Crippen LogP) is 1.92. The second-order valence-corrected chi connectivity index (χ2v) is 4.41. The van der Waals surface area contributed by atoms with Crippen LogP contribution < -0.4 is 0 Å². The highest BCUT2D eigenvalue weighted by Gasteiger charge is 2.18. The zero-order valence-corrected chi connectivity index (χ0v) is 11.1. The molecule has 4 nitrogen and oxygen atoms in total. The summed E-state index contributed by atoms with van der Waals surface area (Å²) in [5, 5.41) is 14.2. The molecule has 98 valence electrons. The maximum absolute atomic E-state index is 10.1. The Hall–Kier alpha value is -0.870. The van der Waals surface area contributed by atoms with Crippen molar-refractivity contribution >= 4 is 0 Å². The van der Waals surface area contributed by atoms with Crippen molar-refractivity contribution in [1.82, 2.24) is 9.78 Å². The largest absolute Gasteiger partial charge is 0.390 e. The fourth-order valence-electron chi connectivity index (χ4n) is 1.99. The lowest BCUT2D eigenvalue weighted by Crippen LogP contribution is -2.29. The molecular formula is C13H24N2O2. The van der Waals surface area contributed by atoms with E-state index in [1.54, 1.807) is 4.68 Å². The molecule has 2 unspecified atom stereocenters. The lowest BCUT2D eigenvalue weighted by Gasteiger charge is -2.22. The molecule has 4 heteroatoms. The van der Waals surface area contributed by atoms with Crippen LogP contribution in [0, 0.1) is 0 Å². The number of hydrogen-bond donors (Lipinski definition) is 1. The molecule has 1 heterocycles. The van der Waals surface area contributed by atoms with Crippen LogP contribution in [0.15, 0.2) is 12.4 Å². The van der Waals surface area contributed by atoms with Gasteiger partial charge in [0, 0.05) is 19.9 Å². The normalized spacial score (nSPS) is 14.8. The quantitative estimate of drug-likeness (QED) is 0.755. The third kappa shape index (κ3) is 4.88. The summed E-state index contributed by atoms with van der Waals surface area (Å²) in [6, 6.07) is 0. The SMILES string of the molecule is CCCC(OCC)C(O)CCc1cnn(C)c1. The highest BCUT2D eigenvalue weighted by Crippen LogP contribution is 2.13. The van der Waals surface area contributed by atoms with E-state index in [1.165, 1.54) is 5.56 Å². The molecule has 1 rings (SSSR count). The summed E-state index contributed by atoms with van der Waals surface area (Å²) in [7, 11) is 1.90. The molecule has 1 aromatic rings. The van der Waals surface area contributed by atoms with Crippen molar-refractivity contribution in [2.45, 2.75) is 51.7 Å². The van der Waals surface area contributed by atoms with Gasteiger partial charge in [0.2, 0.25) is 0 Å². The van der Waals surface area contributed by atoms with Crippen LogP contribution in [0.2, 0.25) is 0 Å². The van der Waals surface area contributed by atoms with Crippen LogP contribution in [-0.4, -0.2) is 33.7 Å². The number of rotatable bonds is 8. The molecule has 0 saturated carbocycles. The molecule has 0 aliphatic rings. The van der Waals surface area contributed by atoms with Gasteiger partial charge in [-0.25, -0.2) is 0 Å². The smallest absolute Gasteiger partial charge is 0.0833 e. The van der Waals surface area contributed by atoms with Crippen LogP contribution in [0.25, 0.3) is 0 Å². The minimum absolute atomic E-state index is 0.0262. The van der Waals surface area contributed by atoms with Crippen molar-refractivity contribution in [2.75, 3.05) is 6.61 Å². The van der Waals surface area contributed by atoms with E-state index in [2.05, 4.69) is 12.0 Å². The zero-order valence-electron chi connectivity index (χ0n) is 11.1. The molecule has 2 atom stereocenters. The Morgan fingerprint density at radius 3 is 2.71 bits per heavy atom. The molecule has 0 aromatic carbocycles. The second kappa shape index (κ2) is 7.45. The minimum atomic E-state index is -0.380. The predicted molar refractivity (Wildman–Crippen MR) is 67.9 cm³/mol. The summed E-state index contributed by atoms with van der Waals surface area (Å²) < 4.78 is 7.35. The van der Waals surface area contributed by atoms with Crippen LogP contribution >= 0.6 is 0 Å². The fraction of sp³-hybridized carbons (Fsp3) is 0.769. The lowest BCUT2D eigenvalue weighted by atomic mass is 10.0. The summed E-state index contributed by atoms with van der Waals surface area (Å²) in [4.78, 5) is 0. The molecule has 0 spiro atoms. The number of aromatic nitrogens is 2. The molecule has 0 bridgehead atoms. The van der Waals surface area contributed by atoms with Crippen LogP contribution in [0.3, 0.4) is 0 Å². The van der Waals surface area contributed by atoms with Crippen molar-refractivity contribution < 1.29 is 9.84 Å². The van der Waals surface area contributed by atoms with Crippen molar-refractivity contribution in [3.8, 4) is 0 Å². The molecule has 0 aliphatic heterocycles. The highest BCUT2D eigenvalue weighted by molar-refractivity contribution is 5.03. The average Bonchev–Trinajstić information content (AvgIpc) is 2.72. The first-order valence-corrected chi connectivity index (χ1v) is 6.44. The molecule has 1 aromatic heterocycles. The Bertz CT molecular complexity index is 306. The topological polar surface area (TPSA) is 47.3 Å². The summed E-state index contributed by atoms with van der Waals surface area (Å²) in [6.45, 7) is 4.74. The number of nitrogens with zero attached hydrogens (tertiary/aromatic N) is 2. The van der Waals surface area contributed by atoms with Crippen LogP contribution in [-0.2, 0) is 18.2 Å². The Labute approximate surface area is 104 Å². The summed E-state index contributed by atoms with van der Waals surface area (Å²) in [5.41, 5.74) is 1.17. The van der Waals surface area contributed by atoms with E-state index in [-0.39, 0.29) is 12.2 Å². The first-order valence-electron chi connectivity index (χ1n) is 6.44. The number of ether oxygens (including phenoxy) is 1. The third-order valence-electron chi connectivity index (χ3n) is 2.87. The Kier molecular flexibility index (Phi) is 6.22. The first-order chi connectivity index (χ1) is 8.17. The van der Waals surface area contributed by atoms with Gasteiger partial charge in [0.25, 0.3) is 0 Å². The standard InChI is InChI=1S/C13H24N2O2/c1-4-6-13(17-5-2)12(16)8-7-11-9-14-15(3)10-11/h9-10,12-13,16H,4-8H2,1-3H3. The van der Waals surface area contributed by atoms with Gasteiger partial charge in [-0.05, 0) is 31.7 Å². The Morgan fingerprint density at radius 1 is 1.41 bits per heavy atom. The van der Waals surface area contributed by atoms with Gasteiger partial charge in [0.15, 0.2) is 0 Å². The van der Waals surface area contributed by atoms with Crippen molar-refractivity contribution in [3.63, 3.8) is 0 Å². The summed E-state index contributed by atoms with van der Waals surface area (Å²) >= 11 is 0. The van der Waals surface area contributed by atoms with Crippen molar-refractivity contribution in [2.24, 2.45) is 7.05 Å². The molecule has 0 fully saturated rings. The van der Waals surface area contributed by atoms with E-state index in [0.717, 1.165) is 25.7 Å². The molecule has 0 aliphatic carbocycles. The van der Waals surface area contributed by atoms with Crippen LogP contribution in [0.1, 0.15) is 38.7 Å². The first kappa shape index (κ1) is 14.2. The summed E-state index contributed by atoms with van der Waals surface area (Å²) in [6.07, 6.45) is 6.97. The second-order valence-electron chi connectivity index (χ2n) is 4.41. The van der Waals surface area contributed by atoms with Crippen molar-refractivity contribution in [1.29, 1.82) is 0 Å². The van der Waals surface area contributed by atoms with E-state index in [9.17, 15) is 5.11 Å². The van der Waals surface area contributed by atoms with Gasteiger partial charge in [-0.1, -0.05) is 13.3 Å². The van der Waals surface area contributed by atoms with E-state index < -0.39 is 0 Å². The summed E-state index contributed by atoms with van der Waals surface area (Å²) in [5.74, 6) is 0. The number of aliphatic hydroxyl groups excluding tert-OH is 1. The van der Waals surface area contributed by atoms with Crippen LogP contribution in [0.4, 0.5) is 0 Å². The van der Waals surface area contributed by atoms with Gasteiger partial charge in [0.1, 0.15) is 0 Å². The maximum Gasteiger partial charge on any atom is 0.0833 e. The van der Waals surface area contributed by atoms with E-state index >= 15 is 0 Å². The molecule has 0 radical (unpaired) electrons. The van der Waals surface area contributed by atoms with Gasteiger partial charge < -0.3 is 9.84 Å². The fourth-order valence-corrected chi connectivity index (χ4v) is 1.99. The Balaban J connectivity index is 2.38. The molecule has 0 amide bonds. The monoisotopic (exact) mass is 240 g/mol. The highest BCUT2D eigenvalue weighted by atomic mass is 16.5. The number of aryl methyl sites for hydroxylation is 2.